The summed E-state index contributed by atoms with van der Waals surface area (Å²) in [7, 11) is 0. The predicted octanol–water partition coefficient (Wildman–Crippen LogP) is 2.40. The first-order valence-corrected chi connectivity index (χ1v) is 6.50. The van der Waals surface area contributed by atoms with E-state index in [1.807, 2.05) is 0 Å². The van der Waals surface area contributed by atoms with Crippen molar-refractivity contribution in [2.24, 2.45) is 5.73 Å². The number of hydrogen-bond donors (Lipinski definition) is 2. The first-order valence-electron chi connectivity index (χ1n) is 5.87. The molecule has 5 nitrogen and oxygen atoms in total. The highest BCUT2D eigenvalue weighted by atomic mass is 32.1. The molecule has 1 rings (SSSR count). The summed E-state index contributed by atoms with van der Waals surface area (Å²) in [5.41, 5.74) is 5.80. The van der Waals surface area contributed by atoms with E-state index < -0.39 is 4.92 Å². The number of nitro groups is 1. The van der Waals surface area contributed by atoms with Crippen LogP contribution in [0.5, 0.6) is 5.75 Å². The van der Waals surface area contributed by atoms with Gasteiger partial charge in [0.1, 0.15) is 5.75 Å². The lowest BCUT2D eigenvalue weighted by Gasteiger charge is -2.08. The van der Waals surface area contributed by atoms with Gasteiger partial charge in [-0.1, -0.05) is 0 Å². The van der Waals surface area contributed by atoms with E-state index in [1.54, 1.807) is 12.1 Å². The van der Waals surface area contributed by atoms with Gasteiger partial charge in [-0.05, 0) is 31.4 Å². The van der Waals surface area contributed by atoms with Gasteiger partial charge in [0.05, 0.1) is 11.5 Å². The molecule has 0 radical (unpaired) electrons. The van der Waals surface area contributed by atoms with Gasteiger partial charge in [-0.25, -0.2) is 0 Å². The van der Waals surface area contributed by atoms with Crippen LogP contribution in [0.4, 0.5) is 5.69 Å². The Labute approximate surface area is 112 Å². The summed E-state index contributed by atoms with van der Waals surface area (Å²) in [5.74, 6) is 1.35. The molecule has 0 heterocycles. The maximum atomic E-state index is 10.5. The van der Waals surface area contributed by atoms with E-state index in [0.29, 0.717) is 18.1 Å². The van der Waals surface area contributed by atoms with E-state index in [4.69, 9.17) is 10.5 Å². The fourth-order valence-corrected chi connectivity index (χ4v) is 1.64. The number of nitrogens with zero attached hydrogens (tertiary/aromatic N) is 1. The van der Waals surface area contributed by atoms with Crippen LogP contribution in [0.1, 0.15) is 19.3 Å². The zero-order valence-electron chi connectivity index (χ0n) is 10.1. The zero-order chi connectivity index (χ0) is 13.4. The van der Waals surface area contributed by atoms with E-state index in [1.165, 1.54) is 12.1 Å². The van der Waals surface area contributed by atoms with Crippen LogP contribution < -0.4 is 10.5 Å². The molecule has 0 aromatic heterocycles. The van der Waals surface area contributed by atoms with E-state index in [9.17, 15) is 10.1 Å². The third kappa shape index (κ3) is 5.37. The lowest BCUT2D eigenvalue weighted by Crippen LogP contribution is -2.21. The number of ether oxygens (including phenoxy) is 1. The van der Waals surface area contributed by atoms with Crippen molar-refractivity contribution < 1.29 is 9.66 Å². The summed E-state index contributed by atoms with van der Waals surface area (Å²) >= 11 is 4.11. The van der Waals surface area contributed by atoms with Crippen molar-refractivity contribution in [3.05, 3.63) is 34.4 Å². The second-order valence-corrected chi connectivity index (χ2v) is 4.40. The van der Waals surface area contributed by atoms with Gasteiger partial charge in [-0.3, -0.25) is 10.1 Å². The molecular weight excluding hydrogens is 252 g/mol. The van der Waals surface area contributed by atoms with Crippen molar-refractivity contribution in [2.75, 3.05) is 12.4 Å². The molecule has 6 heteroatoms. The van der Waals surface area contributed by atoms with Crippen LogP contribution in [-0.2, 0) is 0 Å². The molecule has 2 N–H and O–H groups in total. The Bertz CT molecular complexity index is 370. The fourth-order valence-electron chi connectivity index (χ4n) is 1.45. The van der Waals surface area contributed by atoms with Crippen LogP contribution in [0.3, 0.4) is 0 Å². The Morgan fingerprint density at radius 2 is 2.00 bits per heavy atom. The molecule has 0 spiro atoms. The number of unbranched alkanes of at least 4 members (excludes halogenated alkanes) is 1. The summed E-state index contributed by atoms with van der Waals surface area (Å²) in [4.78, 5) is 10.0. The molecule has 0 saturated carbocycles. The number of hydrogen-bond acceptors (Lipinski definition) is 5. The Morgan fingerprint density at radius 1 is 1.33 bits per heavy atom. The third-order valence-corrected chi connectivity index (χ3v) is 2.99. The van der Waals surface area contributed by atoms with Gasteiger partial charge in [0.15, 0.2) is 0 Å². The van der Waals surface area contributed by atoms with Gasteiger partial charge >= 0.3 is 0 Å². The average Bonchev–Trinajstić information content (AvgIpc) is 2.38. The van der Waals surface area contributed by atoms with Crippen molar-refractivity contribution >= 4 is 18.3 Å². The van der Waals surface area contributed by atoms with E-state index in [2.05, 4.69) is 12.6 Å². The maximum absolute atomic E-state index is 10.5. The number of thiol groups is 1. The van der Waals surface area contributed by atoms with Crippen LogP contribution in [0.15, 0.2) is 24.3 Å². The third-order valence-electron chi connectivity index (χ3n) is 2.52. The summed E-state index contributed by atoms with van der Waals surface area (Å²) in [6, 6.07) is 6.24. The number of benzene rings is 1. The second-order valence-electron chi connectivity index (χ2n) is 4.04. The van der Waals surface area contributed by atoms with Crippen molar-refractivity contribution in [1.82, 2.24) is 0 Å². The van der Waals surface area contributed by atoms with Crippen LogP contribution >= 0.6 is 12.6 Å². The monoisotopic (exact) mass is 270 g/mol. The summed E-state index contributed by atoms with van der Waals surface area (Å²) in [6.07, 6.45) is 2.85. The van der Waals surface area contributed by atoms with Gasteiger partial charge in [0.2, 0.25) is 0 Å². The quantitative estimate of drug-likeness (QED) is 0.329. The minimum atomic E-state index is -0.428. The predicted molar refractivity (Wildman–Crippen MR) is 74.3 cm³/mol. The van der Waals surface area contributed by atoms with Crippen molar-refractivity contribution in [3.63, 3.8) is 0 Å². The SMILES string of the molecule is N[C@H](CS)CCCCOc1ccc([N+](=O)[O-])cc1. The molecule has 0 unspecified atom stereocenters. The van der Waals surface area contributed by atoms with Gasteiger partial charge in [-0.2, -0.15) is 12.6 Å². The molecule has 0 aliphatic rings. The Hall–Kier alpha value is -1.27. The fraction of sp³-hybridized carbons (Fsp3) is 0.500. The summed E-state index contributed by atoms with van der Waals surface area (Å²) in [6.45, 7) is 0.594. The molecule has 1 aromatic rings. The Balaban J connectivity index is 2.21. The number of rotatable bonds is 8. The molecule has 1 aromatic carbocycles. The maximum Gasteiger partial charge on any atom is 0.269 e. The largest absolute Gasteiger partial charge is 0.494 e. The van der Waals surface area contributed by atoms with Gasteiger partial charge in [0.25, 0.3) is 5.69 Å². The summed E-state index contributed by atoms with van der Waals surface area (Å²) in [5, 5.41) is 10.5. The highest BCUT2D eigenvalue weighted by molar-refractivity contribution is 7.80. The van der Waals surface area contributed by atoms with Crippen LogP contribution in [0.2, 0.25) is 0 Å². The van der Waals surface area contributed by atoms with Crippen molar-refractivity contribution in [1.29, 1.82) is 0 Å². The number of nitrogens with two attached hydrogens (primary N) is 1. The number of non-ortho nitro benzene ring substituents is 1. The molecule has 0 fully saturated rings. The Morgan fingerprint density at radius 3 is 2.56 bits per heavy atom. The normalized spacial score (nSPS) is 12.1. The molecule has 1 atom stereocenters. The lowest BCUT2D eigenvalue weighted by atomic mass is 10.1. The first-order chi connectivity index (χ1) is 8.63. The minimum absolute atomic E-state index is 0.0714. The highest BCUT2D eigenvalue weighted by Gasteiger charge is 2.04. The molecule has 0 saturated heterocycles. The molecule has 100 valence electrons. The van der Waals surface area contributed by atoms with E-state index in [0.717, 1.165) is 19.3 Å². The first kappa shape index (κ1) is 14.8. The van der Waals surface area contributed by atoms with Crippen molar-refractivity contribution in [2.45, 2.75) is 25.3 Å². The summed E-state index contributed by atoms with van der Waals surface area (Å²) < 4.78 is 5.47. The minimum Gasteiger partial charge on any atom is -0.494 e. The molecule has 0 amide bonds. The van der Waals surface area contributed by atoms with Crippen LogP contribution in [0.25, 0.3) is 0 Å². The molecule has 0 bridgehead atoms. The average molecular weight is 270 g/mol. The molecular formula is C12H18N2O3S. The van der Waals surface area contributed by atoms with Crippen LogP contribution in [0, 0.1) is 10.1 Å². The zero-order valence-corrected chi connectivity index (χ0v) is 11.0. The second kappa shape index (κ2) is 7.94. The van der Waals surface area contributed by atoms with Crippen LogP contribution in [-0.4, -0.2) is 23.3 Å². The van der Waals surface area contributed by atoms with E-state index >= 15 is 0 Å². The Kier molecular flexibility index (Phi) is 6.53. The molecule has 18 heavy (non-hydrogen) atoms. The topological polar surface area (TPSA) is 78.4 Å². The highest BCUT2D eigenvalue weighted by Crippen LogP contribution is 2.17. The van der Waals surface area contributed by atoms with Gasteiger partial charge in [0, 0.05) is 23.9 Å². The molecule has 0 aliphatic heterocycles. The smallest absolute Gasteiger partial charge is 0.269 e. The lowest BCUT2D eigenvalue weighted by molar-refractivity contribution is -0.384. The van der Waals surface area contributed by atoms with E-state index in [-0.39, 0.29) is 11.7 Å². The van der Waals surface area contributed by atoms with Gasteiger partial charge in [-0.15, -0.1) is 0 Å². The standard InChI is InChI=1S/C12H18N2O3S/c13-10(9-18)3-1-2-8-17-12-6-4-11(5-7-12)14(15)16/h4-7,10,18H,1-3,8-9,13H2/t10-/m0/s1. The van der Waals surface area contributed by atoms with Crippen molar-refractivity contribution in [3.8, 4) is 5.75 Å². The molecule has 0 aliphatic carbocycles. The van der Waals surface area contributed by atoms with Gasteiger partial charge < -0.3 is 10.5 Å². The number of nitro benzene ring substituents is 1.